The first-order chi connectivity index (χ1) is 24.1. The third-order valence-corrected chi connectivity index (χ3v) is 11.3. The van der Waals surface area contributed by atoms with Crippen LogP contribution in [-0.2, 0) is 15.8 Å². The van der Waals surface area contributed by atoms with E-state index in [2.05, 4.69) is 142 Å². The first-order valence-electron chi connectivity index (χ1n) is 18.2. The second-order valence-electron chi connectivity index (χ2n) is 16.1. The molecule has 5 aromatic rings. The van der Waals surface area contributed by atoms with Crippen LogP contribution >= 0.6 is 0 Å². The molecule has 1 N–H and O–H groups in total. The Hall–Kier alpha value is -4.54. The van der Waals surface area contributed by atoms with E-state index in [1.54, 1.807) is 7.11 Å². The van der Waals surface area contributed by atoms with Gasteiger partial charge in [-0.3, -0.25) is 0 Å². The topological polar surface area (TPSA) is 39.7 Å². The number of benzene rings is 5. The van der Waals surface area contributed by atoms with E-state index in [1.165, 1.54) is 39.6 Å². The first kappa shape index (κ1) is 32.7. The normalized spacial score (nSPS) is 20.5. The van der Waals surface area contributed by atoms with E-state index >= 15 is 0 Å². The van der Waals surface area contributed by atoms with Gasteiger partial charge >= 0.3 is 0 Å². The lowest BCUT2D eigenvalue weighted by molar-refractivity contribution is 0.0642. The van der Waals surface area contributed by atoms with Crippen LogP contribution < -0.4 is 14.8 Å². The molecule has 0 radical (unpaired) electrons. The molecule has 1 atom stereocenters. The summed E-state index contributed by atoms with van der Waals surface area (Å²) in [6.07, 6.45) is 8.09. The maximum Gasteiger partial charge on any atom is 0.178 e. The zero-order valence-corrected chi connectivity index (χ0v) is 30.4. The Morgan fingerprint density at radius 3 is 2.18 bits per heavy atom. The minimum Gasteiger partial charge on any atom is -0.497 e. The summed E-state index contributed by atoms with van der Waals surface area (Å²) in [5, 5.41) is 5.80. The summed E-state index contributed by atoms with van der Waals surface area (Å²) in [6, 6.07) is 35.1. The van der Waals surface area contributed by atoms with Crippen LogP contribution in [0.25, 0.3) is 28.0 Å². The molecule has 1 saturated carbocycles. The minimum absolute atomic E-state index is 0.134. The smallest absolute Gasteiger partial charge is 0.178 e. The number of methoxy groups -OCH3 is 1. The molecule has 8 rings (SSSR count). The molecule has 1 aliphatic heterocycles. The monoisotopic (exact) mass is 663 g/mol. The van der Waals surface area contributed by atoms with Crippen molar-refractivity contribution in [2.45, 2.75) is 64.9 Å². The molecule has 1 fully saturated rings. The van der Waals surface area contributed by atoms with Gasteiger partial charge in [-0.15, -0.1) is 0 Å². The fraction of sp³-hybridized carbons (Fsp3) is 0.348. The largest absolute Gasteiger partial charge is 0.497 e. The Labute approximate surface area is 297 Å². The van der Waals surface area contributed by atoms with Crippen LogP contribution in [0.5, 0.6) is 11.5 Å². The number of nitrogens with one attached hydrogen (secondary N) is 1. The lowest BCUT2D eigenvalue weighted by Gasteiger charge is -2.52. The second kappa shape index (κ2) is 12.1. The zero-order chi connectivity index (χ0) is 34.7. The molecule has 1 heterocycles. The summed E-state index contributed by atoms with van der Waals surface area (Å²) in [7, 11) is 1.75. The number of hydrogen-bond acceptors (Lipinski definition) is 4. The van der Waals surface area contributed by atoms with Gasteiger partial charge in [0, 0.05) is 46.3 Å². The number of rotatable bonds is 8. The van der Waals surface area contributed by atoms with Gasteiger partial charge in [-0.25, -0.2) is 0 Å². The molecular formula is C46H49NO3. The fourth-order valence-corrected chi connectivity index (χ4v) is 10.2. The van der Waals surface area contributed by atoms with Gasteiger partial charge in [0.25, 0.3) is 0 Å². The Morgan fingerprint density at radius 1 is 0.760 bits per heavy atom. The number of fused-ring (bicyclic) bond motifs is 10. The zero-order valence-electron chi connectivity index (χ0n) is 30.4. The van der Waals surface area contributed by atoms with E-state index in [-0.39, 0.29) is 16.2 Å². The average Bonchev–Trinajstić information content (AvgIpc) is 3.37. The Kier molecular flexibility index (Phi) is 7.87. The first-order valence-corrected chi connectivity index (χ1v) is 18.2. The van der Waals surface area contributed by atoms with Gasteiger partial charge in [-0.05, 0) is 101 Å². The number of anilines is 1. The third kappa shape index (κ3) is 5.22. The highest BCUT2D eigenvalue weighted by molar-refractivity contribution is 6.09. The quantitative estimate of drug-likeness (QED) is 0.168. The molecule has 0 amide bonds. The van der Waals surface area contributed by atoms with Crippen molar-refractivity contribution in [3.63, 3.8) is 0 Å². The summed E-state index contributed by atoms with van der Waals surface area (Å²) < 4.78 is 19.0. The molecular weight excluding hydrogens is 615 g/mol. The van der Waals surface area contributed by atoms with Crippen LogP contribution in [0.3, 0.4) is 0 Å². The second-order valence-corrected chi connectivity index (χ2v) is 16.1. The molecule has 4 nitrogen and oxygen atoms in total. The van der Waals surface area contributed by atoms with E-state index < -0.39 is 5.60 Å². The molecule has 3 aliphatic rings. The Morgan fingerprint density at radius 2 is 1.46 bits per heavy atom. The van der Waals surface area contributed by atoms with Crippen molar-refractivity contribution in [2.75, 3.05) is 32.2 Å². The van der Waals surface area contributed by atoms with Crippen molar-refractivity contribution in [2.24, 2.45) is 10.8 Å². The standard InChI is InChI=1S/C46H49NO3/c1-7-49-26-25-47-33-19-17-32(18-20-33)46(31-13-9-8-10-14-31)24-23-37-41-40(35-22-21-34(48-6)27-38(35)42(37)50-46)36-15-11-12-16-39(36)45(41)29-43(2,3)28-44(4,5)30-45/h8-24,27,47H,7,25-26,28-30H2,1-6H3. The average molecular weight is 664 g/mol. The van der Waals surface area contributed by atoms with Crippen molar-refractivity contribution in [3.8, 4) is 22.6 Å². The fourth-order valence-electron chi connectivity index (χ4n) is 10.2. The van der Waals surface area contributed by atoms with Crippen LogP contribution in [0.2, 0.25) is 0 Å². The summed E-state index contributed by atoms with van der Waals surface area (Å²) in [4.78, 5) is 0. The van der Waals surface area contributed by atoms with Gasteiger partial charge < -0.3 is 19.5 Å². The SMILES string of the molecule is CCOCCNc1ccc(C2(c3ccccc3)C=Cc3c4c(c5ccc(OC)cc5c3O2)-c2ccccc2C42CC(C)(C)CC(C)(C)C2)cc1. The molecule has 2 aliphatic carbocycles. The van der Waals surface area contributed by atoms with Crippen LogP contribution in [0, 0.1) is 10.8 Å². The molecule has 4 heteroatoms. The molecule has 0 bridgehead atoms. The van der Waals surface area contributed by atoms with E-state index in [9.17, 15) is 0 Å². The lowest BCUT2D eigenvalue weighted by atomic mass is 9.52. The van der Waals surface area contributed by atoms with Crippen molar-refractivity contribution < 1.29 is 14.2 Å². The molecule has 0 saturated heterocycles. The van der Waals surface area contributed by atoms with Gasteiger partial charge in [0.05, 0.1) is 13.7 Å². The predicted octanol–water partition coefficient (Wildman–Crippen LogP) is 11.1. The number of hydrogen-bond donors (Lipinski definition) is 1. The maximum atomic E-state index is 7.64. The molecule has 0 aromatic heterocycles. The summed E-state index contributed by atoms with van der Waals surface area (Å²) >= 11 is 0. The number of ether oxygens (including phenoxy) is 3. The van der Waals surface area contributed by atoms with Crippen LogP contribution in [-0.4, -0.2) is 26.9 Å². The summed E-state index contributed by atoms with van der Waals surface area (Å²) in [5.41, 5.74) is 9.41. The van der Waals surface area contributed by atoms with Crippen molar-refractivity contribution in [1.29, 1.82) is 0 Å². The highest BCUT2D eigenvalue weighted by atomic mass is 16.5. The van der Waals surface area contributed by atoms with Gasteiger partial charge in [0.2, 0.25) is 0 Å². The Balaban J connectivity index is 1.38. The van der Waals surface area contributed by atoms with Gasteiger partial charge in [0.1, 0.15) is 11.5 Å². The Bertz CT molecular complexity index is 2080. The van der Waals surface area contributed by atoms with Crippen molar-refractivity contribution >= 4 is 22.5 Å². The molecule has 1 spiro atoms. The lowest BCUT2D eigenvalue weighted by Crippen LogP contribution is -2.44. The molecule has 50 heavy (non-hydrogen) atoms. The van der Waals surface area contributed by atoms with Gasteiger partial charge in [-0.2, -0.15) is 0 Å². The van der Waals surface area contributed by atoms with Gasteiger partial charge in [-0.1, -0.05) is 101 Å². The summed E-state index contributed by atoms with van der Waals surface area (Å²) in [6.45, 7) is 14.1. The molecule has 1 unspecified atom stereocenters. The molecule has 256 valence electrons. The van der Waals surface area contributed by atoms with Crippen LogP contribution in [0.4, 0.5) is 5.69 Å². The summed E-state index contributed by atoms with van der Waals surface area (Å²) in [5.74, 6) is 1.75. The molecule has 5 aromatic carbocycles. The van der Waals surface area contributed by atoms with Crippen LogP contribution in [0.15, 0.2) is 103 Å². The van der Waals surface area contributed by atoms with E-state index in [1.807, 2.05) is 6.92 Å². The van der Waals surface area contributed by atoms with Crippen molar-refractivity contribution in [3.05, 3.63) is 131 Å². The third-order valence-electron chi connectivity index (χ3n) is 11.3. The minimum atomic E-state index is -0.827. The predicted molar refractivity (Wildman–Crippen MR) is 206 cm³/mol. The highest BCUT2D eigenvalue weighted by Gasteiger charge is 2.55. The van der Waals surface area contributed by atoms with Crippen LogP contribution in [0.1, 0.15) is 81.7 Å². The maximum absolute atomic E-state index is 7.64. The highest BCUT2D eigenvalue weighted by Crippen LogP contribution is 2.67. The van der Waals surface area contributed by atoms with Crippen molar-refractivity contribution in [1.82, 2.24) is 0 Å². The van der Waals surface area contributed by atoms with Gasteiger partial charge in [0.15, 0.2) is 5.60 Å². The van der Waals surface area contributed by atoms with E-state index in [0.717, 1.165) is 59.7 Å². The van der Waals surface area contributed by atoms with E-state index in [0.29, 0.717) is 6.61 Å². The van der Waals surface area contributed by atoms with E-state index in [4.69, 9.17) is 14.2 Å².